The number of rotatable bonds is 2. The molecule has 0 radical (unpaired) electrons. The second-order valence-corrected chi connectivity index (χ2v) is 5.35. The molecule has 1 fully saturated rings. The van der Waals surface area contributed by atoms with Crippen LogP contribution in [0.5, 0.6) is 0 Å². The number of nitrogens with two attached hydrogens (primary N) is 1. The van der Waals surface area contributed by atoms with Gasteiger partial charge in [0.25, 0.3) is 0 Å². The molecule has 2 aromatic rings. The van der Waals surface area contributed by atoms with Crippen LogP contribution in [-0.2, 0) is 0 Å². The Bertz CT molecular complexity index is 515. The lowest BCUT2D eigenvalue weighted by Crippen LogP contribution is -1.94. The predicted molar refractivity (Wildman–Crippen MR) is 71.0 cm³/mol. The Hall–Kier alpha value is -1.42. The predicted octanol–water partition coefficient (Wildman–Crippen LogP) is 3.44. The average molecular weight is 245 g/mol. The van der Waals surface area contributed by atoms with Crippen LogP contribution in [0.15, 0.2) is 23.7 Å². The van der Waals surface area contributed by atoms with Gasteiger partial charge in [0.1, 0.15) is 10.8 Å². The summed E-state index contributed by atoms with van der Waals surface area (Å²) in [6, 6.07) is 3.89. The first-order chi connectivity index (χ1) is 8.34. The summed E-state index contributed by atoms with van der Waals surface area (Å²) in [4.78, 5) is 8.83. The molecule has 1 saturated carbocycles. The molecule has 1 aliphatic rings. The summed E-state index contributed by atoms with van der Waals surface area (Å²) in [7, 11) is 0. The zero-order chi connectivity index (χ0) is 11.7. The quantitative estimate of drug-likeness (QED) is 0.881. The minimum Gasteiger partial charge on any atom is -0.383 e. The first-order valence-corrected chi connectivity index (χ1v) is 6.89. The van der Waals surface area contributed by atoms with E-state index in [1.54, 1.807) is 17.5 Å². The second kappa shape index (κ2) is 4.45. The van der Waals surface area contributed by atoms with Crippen LogP contribution in [0, 0.1) is 0 Å². The highest BCUT2D eigenvalue weighted by atomic mass is 32.1. The molecule has 2 aromatic heterocycles. The second-order valence-electron chi connectivity index (χ2n) is 4.50. The molecule has 3 rings (SSSR count). The number of nitrogen functional groups attached to an aromatic ring is 1. The van der Waals surface area contributed by atoms with Crippen molar-refractivity contribution in [3.8, 4) is 10.6 Å². The lowest BCUT2D eigenvalue weighted by atomic mass is 10.1. The van der Waals surface area contributed by atoms with Gasteiger partial charge in [0, 0.05) is 17.5 Å². The van der Waals surface area contributed by atoms with E-state index in [0.717, 1.165) is 10.6 Å². The summed E-state index contributed by atoms with van der Waals surface area (Å²) in [5.41, 5.74) is 8.07. The average Bonchev–Trinajstić information content (AvgIpc) is 3.00. The highest BCUT2D eigenvalue weighted by Gasteiger charge is 2.20. The summed E-state index contributed by atoms with van der Waals surface area (Å²) in [6.45, 7) is 0. The molecule has 2 heterocycles. The normalized spacial score (nSPS) is 16.5. The first kappa shape index (κ1) is 10.7. The lowest BCUT2D eigenvalue weighted by Gasteiger charge is -2.03. The highest BCUT2D eigenvalue weighted by Crippen LogP contribution is 2.36. The minimum atomic E-state index is 0.569. The van der Waals surface area contributed by atoms with Gasteiger partial charge in [0.05, 0.1) is 11.3 Å². The number of nitrogens with zero attached hydrogens (tertiary/aromatic N) is 2. The molecule has 0 unspecified atom stereocenters. The molecule has 0 saturated heterocycles. The van der Waals surface area contributed by atoms with Crippen molar-refractivity contribution in [3.05, 3.63) is 29.4 Å². The number of thiazole rings is 1. The van der Waals surface area contributed by atoms with Crippen LogP contribution in [0.2, 0.25) is 0 Å². The Labute approximate surface area is 105 Å². The molecule has 2 N–H and O–H groups in total. The number of aromatic nitrogens is 2. The third kappa shape index (κ3) is 2.05. The van der Waals surface area contributed by atoms with Crippen molar-refractivity contribution in [1.29, 1.82) is 0 Å². The van der Waals surface area contributed by atoms with Crippen LogP contribution in [0.1, 0.15) is 37.3 Å². The van der Waals surface area contributed by atoms with E-state index in [0.29, 0.717) is 11.7 Å². The van der Waals surface area contributed by atoms with Gasteiger partial charge >= 0.3 is 0 Å². The van der Waals surface area contributed by atoms with E-state index in [2.05, 4.69) is 10.4 Å². The highest BCUT2D eigenvalue weighted by molar-refractivity contribution is 7.13. The maximum atomic E-state index is 5.87. The molecule has 0 amide bonds. The molecule has 0 aliphatic heterocycles. The Kier molecular flexibility index (Phi) is 2.81. The van der Waals surface area contributed by atoms with Gasteiger partial charge in [-0.25, -0.2) is 9.97 Å². The molecule has 3 nitrogen and oxygen atoms in total. The van der Waals surface area contributed by atoms with Crippen LogP contribution in [-0.4, -0.2) is 9.97 Å². The molecule has 0 atom stereocenters. The molecular formula is C13H15N3S. The topological polar surface area (TPSA) is 51.8 Å². The molecule has 0 aromatic carbocycles. The van der Waals surface area contributed by atoms with Crippen LogP contribution in [0.3, 0.4) is 0 Å². The van der Waals surface area contributed by atoms with Gasteiger partial charge in [0.15, 0.2) is 0 Å². The Morgan fingerprint density at radius 2 is 2.12 bits per heavy atom. The van der Waals surface area contributed by atoms with Crippen molar-refractivity contribution in [2.75, 3.05) is 5.73 Å². The van der Waals surface area contributed by atoms with Gasteiger partial charge in [-0.05, 0) is 25.0 Å². The van der Waals surface area contributed by atoms with Crippen LogP contribution in [0.25, 0.3) is 10.6 Å². The van der Waals surface area contributed by atoms with E-state index in [9.17, 15) is 0 Å². The molecule has 1 aliphatic carbocycles. The summed E-state index contributed by atoms with van der Waals surface area (Å²) >= 11 is 1.67. The van der Waals surface area contributed by atoms with Gasteiger partial charge in [-0.15, -0.1) is 11.3 Å². The fourth-order valence-electron chi connectivity index (χ4n) is 2.42. The molecular weight excluding hydrogens is 230 g/mol. The summed E-state index contributed by atoms with van der Waals surface area (Å²) in [6.07, 6.45) is 6.96. The largest absolute Gasteiger partial charge is 0.383 e. The van der Waals surface area contributed by atoms with Gasteiger partial charge in [0.2, 0.25) is 0 Å². The van der Waals surface area contributed by atoms with E-state index in [1.807, 2.05) is 12.1 Å². The van der Waals surface area contributed by atoms with Crippen LogP contribution < -0.4 is 5.73 Å². The number of pyridine rings is 1. The van der Waals surface area contributed by atoms with E-state index in [1.165, 1.54) is 31.4 Å². The Balaban J connectivity index is 1.92. The number of anilines is 1. The molecule has 0 spiro atoms. The third-order valence-electron chi connectivity index (χ3n) is 3.36. The van der Waals surface area contributed by atoms with E-state index < -0.39 is 0 Å². The maximum Gasteiger partial charge on any atom is 0.133 e. The van der Waals surface area contributed by atoms with Crippen LogP contribution >= 0.6 is 11.3 Å². The fourth-order valence-corrected chi connectivity index (χ4v) is 3.35. The van der Waals surface area contributed by atoms with Crippen LogP contribution in [0.4, 0.5) is 5.82 Å². The van der Waals surface area contributed by atoms with Crippen molar-refractivity contribution < 1.29 is 0 Å². The molecule has 0 bridgehead atoms. The van der Waals surface area contributed by atoms with Gasteiger partial charge in [-0.1, -0.05) is 12.8 Å². The standard InChI is InChI=1S/C13H15N3S/c14-12-10(6-3-7-15-12)13-16-11(8-17-13)9-4-1-2-5-9/h3,6-9H,1-2,4-5H2,(H2,14,15). The maximum absolute atomic E-state index is 5.87. The van der Waals surface area contributed by atoms with E-state index >= 15 is 0 Å². The Morgan fingerprint density at radius 1 is 1.29 bits per heavy atom. The van der Waals surface area contributed by atoms with Crippen molar-refractivity contribution >= 4 is 17.2 Å². The van der Waals surface area contributed by atoms with Crippen molar-refractivity contribution in [3.63, 3.8) is 0 Å². The van der Waals surface area contributed by atoms with E-state index in [4.69, 9.17) is 10.7 Å². The fraction of sp³-hybridized carbons (Fsp3) is 0.385. The van der Waals surface area contributed by atoms with Crippen molar-refractivity contribution in [1.82, 2.24) is 9.97 Å². The minimum absolute atomic E-state index is 0.569. The molecule has 17 heavy (non-hydrogen) atoms. The third-order valence-corrected chi connectivity index (χ3v) is 4.26. The van der Waals surface area contributed by atoms with Crippen molar-refractivity contribution in [2.24, 2.45) is 0 Å². The van der Waals surface area contributed by atoms with Gasteiger partial charge in [-0.2, -0.15) is 0 Å². The monoisotopic (exact) mass is 245 g/mol. The first-order valence-electron chi connectivity index (χ1n) is 6.01. The van der Waals surface area contributed by atoms with E-state index in [-0.39, 0.29) is 0 Å². The number of hydrogen-bond donors (Lipinski definition) is 1. The van der Waals surface area contributed by atoms with Crippen molar-refractivity contribution in [2.45, 2.75) is 31.6 Å². The summed E-state index contributed by atoms with van der Waals surface area (Å²) in [5.74, 6) is 1.23. The lowest BCUT2D eigenvalue weighted by molar-refractivity contribution is 0.704. The van der Waals surface area contributed by atoms with Gasteiger partial charge in [-0.3, -0.25) is 0 Å². The zero-order valence-corrected chi connectivity index (χ0v) is 10.4. The smallest absolute Gasteiger partial charge is 0.133 e. The summed E-state index contributed by atoms with van der Waals surface area (Å²) < 4.78 is 0. The summed E-state index contributed by atoms with van der Waals surface area (Å²) in [5, 5.41) is 3.18. The Morgan fingerprint density at radius 3 is 2.88 bits per heavy atom. The number of hydrogen-bond acceptors (Lipinski definition) is 4. The molecule has 88 valence electrons. The molecule has 4 heteroatoms. The zero-order valence-electron chi connectivity index (χ0n) is 9.60. The SMILES string of the molecule is Nc1ncccc1-c1nc(C2CCCC2)cs1. The van der Waals surface area contributed by atoms with Gasteiger partial charge < -0.3 is 5.73 Å².